The van der Waals surface area contributed by atoms with Crippen molar-refractivity contribution in [1.82, 2.24) is 4.98 Å². The highest BCUT2D eigenvalue weighted by atomic mass is 16.4. The number of aromatic nitrogens is 1. The second-order valence-corrected chi connectivity index (χ2v) is 4.77. The van der Waals surface area contributed by atoms with Crippen molar-refractivity contribution in [3.8, 4) is 0 Å². The summed E-state index contributed by atoms with van der Waals surface area (Å²) in [4.78, 5) is 32.8. The first-order valence-electron chi connectivity index (χ1n) is 7.00. The summed E-state index contributed by atoms with van der Waals surface area (Å²) in [6.07, 6.45) is 5.53. The number of nitrogens with one attached hydrogen (secondary N) is 1. The van der Waals surface area contributed by atoms with Crippen LogP contribution in [0.15, 0.2) is 30.5 Å². The first-order valence-corrected chi connectivity index (χ1v) is 7.00. The van der Waals surface area contributed by atoms with E-state index < -0.39 is 12.0 Å². The van der Waals surface area contributed by atoms with Gasteiger partial charge in [-0.15, -0.1) is 0 Å². The molecule has 6 heteroatoms. The summed E-state index contributed by atoms with van der Waals surface area (Å²) in [6.45, 7) is 0. The number of carbonyl (C=O) groups is 3. The van der Waals surface area contributed by atoms with Crippen molar-refractivity contribution in [3.05, 3.63) is 36.0 Å². The van der Waals surface area contributed by atoms with E-state index in [1.807, 2.05) is 30.5 Å². The summed E-state index contributed by atoms with van der Waals surface area (Å²) >= 11 is 0. The van der Waals surface area contributed by atoms with Gasteiger partial charge in [0.1, 0.15) is 18.6 Å². The van der Waals surface area contributed by atoms with E-state index in [-0.39, 0.29) is 0 Å². The van der Waals surface area contributed by atoms with Crippen molar-refractivity contribution in [2.45, 2.75) is 31.7 Å². The number of unbranched alkanes of at least 4 members (excludes halogenated alkanes) is 2. The average molecular weight is 304 g/mol. The van der Waals surface area contributed by atoms with Gasteiger partial charge in [-0.25, -0.2) is 0 Å². The maximum Gasteiger partial charge on any atom is 0.320 e. The van der Waals surface area contributed by atoms with Crippen LogP contribution in [-0.4, -0.2) is 34.7 Å². The van der Waals surface area contributed by atoms with E-state index >= 15 is 0 Å². The molecule has 0 spiro atoms. The van der Waals surface area contributed by atoms with Gasteiger partial charge in [-0.3, -0.25) is 4.79 Å². The number of carboxylic acids is 1. The minimum absolute atomic E-state index is 0.347. The number of hydrogen-bond acceptors (Lipinski definition) is 4. The van der Waals surface area contributed by atoms with Crippen molar-refractivity contribution < 1.29 is 19.5 Å². The van der Waals surface area contributed by atoms with Crippen LogP contribution in [0.1, 0.15) is 24.8 Å². The molecule has 2 aromatic rings. The van der Waals surface area contributed by atoms with Crippen LogP contribution in [0.3, 0.4) is 0 Å². The highest BCUT2D eigenvalue weighted by Crippen LogP contribution is 2.18. The van der Waals surface area contributed by atoms with Crippen molar-refractivity contribution in [1.29, 1.82) is 0 Å². The van der Waals surface area contributed by atoms with Gasteiger partial charge in [0.05, 0.1) is 0 Å². The second kappa shape index (κ2) is 9.46. The van der Waals surface area contributed by atoms with Crippen molar-refractivity contribution in [2.24, 2.45) is 5.73 Å². The largest absolute Gasteiger partial charge is 0.480 e. The van der Waals surface area contributed by atoms with Gasteiger partial charge < -0.3 is 25.4 Å². The van der Waals surface area contributed by atoms with Crippen LogP contribution >= 0.6 is 0 Å². The number of aldehydes is 2. The normalized spacial score (nSPS) is 11.3. The number of hydrogen-bond donors (Lipinski definition) is 3. The first-order chi connectivity index (χ1) is 10.6. The number of carboxylic acid groups (broad SMARTS) is 1. The topological polar surface area (TPSA) is 113 Å². The molecule has 0 saturated carbocycles. The van der Waals surface area contributed by atoms with Gasteiger partial charge in [0, 0.05) is 36.4 Å². The fourth-order valence-corrected chi connectivity index (χ4v) is 1.91. The molecule has 1 heterocycles. The zero-order valence-electron chi connectivity index (χ0n) is 12.2. The number of aliphatic carboxylic acids is 1. The maximum absolute atomic E-state index is 10.6. The van der Waals surface area contributed by atoms with E-state index in [1.165, 1.54) is 0 Å². The van der Waals surface area contributed by atoms with E-state index in [1.54, 1.807) is 0 Å². The number of rotatable bonds is 7. The maximum atomic E-state index is 10.6. The number of carbonyl (C=O) groups excluding carboxylic acids is 2. The third-order valence-electron chi connectivity index (χ3n) is 3.08. The Morgan fingerprint density at radius 1 is 1.23 bits per heavy atom. The lowest BCUT2D eigenvalue weighted by Gasteiger charge is -2.04. The molecule has 0 aliphatic carbocycles. The lowest BCUT2D eigenvalue weighted by atomic mass is 10.1. The molecule has 1 aromatic carbocycles. The van der Waals surface area contributed by atoms with Crippen LogP contribution in [0.2, 0.25) is 0 Å². The molecule has 0 amide bonds. The van der Waals surface area contributed by atoms with E-state index in [9.17, 15) is 14.4 Å². The molecule has 2 rings (SSSR count). The lowest BCUT2D eigenvalue weighted by molar-refractivity contribution is -0.138. The Morgan fingerprint density at radius 3 is 2.45 bits per heavy atom. The fourth-order valence-electron chi connectivity index (χ4n) is 1.91. The van der Waals surface area contributed by atoms with Crippen molar-refractivity contribution in [3.63, 3.8) is 0 Å². The van der Waals surface area contributed by atoms with Crippen molar-refractivity contribution in [2.75, 3.05) is 0 Å². The Kier molecular flexibility index (Phi) is 7.56. The van der Waals surface area contributed by atoms with Gasteiger partial charge in [0.2, 0.25) is 0 Å². The third-order valence-corrected chi connectivity index (χ3v) is 3.08. The number of fused-ring (bicyclic) bond motifs is 1. The molecule has 0 fully saturated rings. The van der Waals surface area contributed by atoms with Crippen LogP contribution in [0.5, 0.6) is 0 Å². The van der Waals surface area contributed by atoms with E-state index in [0.717, 1.165) is 29.0 Å². The highest BCUT2D eigenvalue weighted by molar-refractivity contribution is 5.84. The number of para-hydroxylation sites is 1. The number of aromatic amines is 1. The van der Waals surface area contributed by atoms with E-state index in [0.29, 0.717) is 25.7 Å². The summed E-state index contributed by atoms with van der Waals surface area (Å²) in [5.74, 6) is -0.972. The summed E-state index contributed by atoms with van der Waals surface area (Å²) in [5, 5.41) is 9.75. The molecule has 0 aliphatic heterocycles. The molecule has 22 heavy (non-hydrogen) atoms. The lowest BCUT2D eigenvalue weighted by Crippen LogP contribution is -2.32. The van der Waals surface area contributed by atoms with Gasteiger partial charge in [-0.2, -0.15) is 0 Å². The summed E-state index contributed by atoms with van der Waals surface area (Å²) in [5.41, 5.74) is 7.43. The molecule has 0 bridgehead atoms. The van der Waals surface area contributed by atoms with Crippen LogP contribution in [-0.2, 0) is 20.8 Å². The van der Waals surface area contributed by atoms with Crippen LogP contribution in [0.25, 0.3) is 10.9 Å². The Morgan fingerprint density at radius 2 is 1.86 bits per heavy atom. The molecule has 1 unspecified atom stereocenters. The SMILES string of the molecule is NC(Cc1c[nH]c2ccccc12)C(=O)O.O=CCCCC=O. The third kappa shape index (κ3) is 5.49. The summed E-state index contributed by atoms with van der Waals surface area (Å²) < 4.78 is 0. The number of nitrogens with two attached hydrogens (primary N) is 1. The minimum Gasteiger partial charge on any atom is -0.480 e. The highest BCUT2D eigenvalue weighted by Gasteiger charge is 2.14. The van der Waals surface area contributed by atoms with Gasteiger partial charge in [0.15, 0.2) is 0 Å². The molecule has 6 nitrogen and oxygen atoms in total. The van der Waals surface area contributed by atoms with Gasteiger partial charge >= 0.3 is 5.97 Å². The van der Waals surface area contributed by atoms with E-state index in [4.69, 9.17) is 10.8 Å². The second-order valence-electron chi connectivity index (χ2n) is 4.77. The van der Waals surface area contributed by atoms with E-state index in [2.05, 4.69) is 4.98 Å². The van der Waals surface area contributed by atoms with Gasteiger partial charge in [-0.1, -0.05) is 18.2 Å². The van der Waals surface area contributed by atoms with Gasteiger partial charge in [0.25, 0.3) is 0 Å². The fraction of sp³-hybridized carbons (Fsp3) is 0.312. The predicted octanol–water partition coefficient (Wildman–Crippen LogP) is 1.68. The quantitative estimate of drug-likeness (QED) is 0.532. The first kappa shape index (κ1) is 17.6. The Balaban J connectivity index is 0.000000295. The molecule has 4 N–H and O–H groups in total. The minimum atomic E-state index is -0.972. The van der Waals surface area contributed by atoms with Crippen LogP contribution in [0, 0.1) is 0 Å². The molecule has 0 aliphatic rings. The van der Waals surface area contributed by atoms with Gasteiger partial charge in [-0.05, 0) is 18.1 Å². The van der Waals surface area contributed by atoms with Crippen molar-refractivity contribution >= 4 is 29.4 Å². The van der Waals surface area contributed by atoms with Crippen LogP contribution < -0.4 is 5.73 Å². The molecule has 1 aromatic heterocycles. The summed E-state index contributed by atoms with van der Waals surface area (Å²) in [6, 6.07) is 6.91. The molecular weight excluding hydrogens is 284 g/mol. The number of benzene rings is 1. The molecule has 0 radical (unpaired) electrons. The average Bonchev–Trinajstić information content (AvgIpc) is 2.92. The Bertz CT molecular complexity index is 613. The zero-order valence-corrected chi connectivity index (χ0v) is 12.2. The predicted molar refractivity (Wildman–Crippen MR) is 83.6 cm³/mol. The monoisotopic (exact) mass is 304 g/mol. The molecule has 118 valence electrons. The van der Waals surface area contributed by atoms with Crippen LogP contribution in [0.4, 0.5) is 0 Å². The Hall–Kier alpha value is -2.47. The standard InChI is InChI=1S/C11H12N2O2.C5H8O2/c12-9(11(14)15)5-7-6-13-10-4-2-1-3-8(7)10;6-4-2-1-3-5-7/h1-4,6,9,13H,5,12H2,(H,14,15);4-5H,1-3H2. The number of H-pyrrole nitrogens is 1. The molecule has 0 saturated heterocycles. The zero-order chi connectivity index (χ0) is 16.4. The summed E-state index contributed by atoms with van der Waals surface area (Å²) in [7, 11) is 0. The molecule has 1 atom stereocenters. The Labute approximate surface area is 128 Å². The smallest absolute Gasteiger partial charge is 0.320 e. The molecular formula is C16H20N2O4.